The van der Waals surface area contributed by atoms with Crippen molar-refractivity contribution < 1.29 is 14.3 Å². The third kappa shape index (κ3) is 2.51. The molecule has 0 bridgehead atoms. The number of ether oxygens (including phenoxy) is 2. The van der Waals surface area contributed by atoms with E-state index in [-0.39, 0.29) is 24.3 Å². The number of amidine groups is 1. The van der Waals surface area contributed by atoms with E-state index in [9.17, 15) is 4.79 Å². The number of carbonyl (C=O) groups is 1. The van der Waals surface area contributed by atoms with Crippen LogP contribution >= 0.6 is 0 Å². The van der Waals surface area contributed by atoms with E-state index in [1.54, 1.807) is 13.1 Å². The lowest BCUT2D eigenvalue weighted by Crippen LogP contribution is -2.49. The number of esters is 1. The molecular formula is C14H18N4O3. The van der Waals surface area contributed by atoms with Gasteiger partial charge < -0.3 is 25.5 Å². The third-order valence-corrected chi connectivity index (χ3v) is 3.74. The van der Waals surface area contributed by atoms with Crippen molar-refractivity contribution in [3.63, 3.8) is 0 Å². The zero-order valence-corrected chi connectivity index (χ0v) is 11.8. The Morgan fingerprint density at radius 3 is 3.24 bits per heavy atom. The summed E-state index contributed by atoms with van der Waals surface area (Å²) < 4.78 is 10.8. The van der Waals surface area contributed by atoms with Gasteiger partial charge in [-0.3, -0.25) is 0 Å². The van der Waals surface area contributed by atoms with Crippen molar-refractivity contribution in [2.75, 3.05) is 6.61 Å². The number of carbonyl (C=O) groups excluding carboxylic acids is 1. The molecule has 0 radical (unpaired) electrons. The molecule has 1 saturated heterocycles. The van der Waals surface area contributed by atoms with Crippen LogP contribution in [0.1, 0.15) is 26.2 Å². The number of aliphatic imine (C=N–C) groups is 1. The van der Waals surface area contributed by atoms with Crippen LogP contribution in [0.15, 0.2) is 28.3 Å². The molecule has 0 spiro atoms. The van der Waals surface area contributed by atoms with Crippen LogP contribution in [-0.2, 0) is 14.3 Å². The zero-order chi connectivity index (χ0) is 14.8. The number of fused-ring (bicyclic) bond motifs is 2. The fourth-order valence-electron chi connectivity index (χ4n) is 2.74. The van der Waals surface area contributed by atoms with Crippen LogP contribution < -0.4 is 10.6 Å². The molecule has 0 aromatic rings. The summed E-state index contributed by atoms with van der Waals surface area (Å²) in [6.07, 6.45) is 6.04. The van der Waals surface area contributed by atoms with E-state index in [0.717, 1.165) is 25.5 Å². The van der Waals surface area contributed by atoms with Crippen LogP contribution in [0.4, 0.5) is 0 Å². The van der Waals surface area contributed by atoms with Gasteiger partial charge in [0.1, 0.15) is 17.5 Å². The molecule has 7 heteroatoms. The van der Waals surface area contributed by atoms with Crippen molar-refractivity contribution in [2.24, 2.45) is 4.99 Å². The normalized spacial score (nSPS) is 28.6. The van der Waals surface area contributed by atoms with Gasteiger partial charge in [0.05, 0.1) is 12.6 Å². The molecule has 0 amide bonds. The highest BCUT2D eigenvalue weighted by molar-refractivity contribution is 6.10. The molecule has 0 unspecified atom stereocenters. The SMILES string of the molecule is CCOC(=O)/C(C=N)=C1\N=C2N[C@@H]3CCC[C@@H]3OC2=CN1. The Labute approximate surface area is 122 Å². The van der Waals surface area contributed by atoms with Crippen LogP contribution in [0.2, 0.25) is 0 Å². The minimum Gasteiger partial charge on any atom is -0.483 e. The second-order valence-corrected chi connectivity index (χ2v) is 5.08. The van der Waals surface area contributed by atoms with E-state index >= 15 is 0 Å². The minimum atomic E-state index is -0.563. The molecule has 0 aromatic heterocycles. The second-order valence-electron chi connectivity index (χ2n) is 5.08. The second kappa shape index (κ2) is 5.59. The summed E-state index contributed by atoms with van der Waals surface area (Å²) in [5.41, 5.74) is 0.0926. The van der Waals surface area contributed by atoms with Gasteiger partial charge >= 0.3 is 5.97 Å². The lowest BCUT2D eigenvalue weighted by Gasteiger charge is -2.33. The molecule has 0 aromatic carbocycles. The number of rotatable bonds is 3. The highest BCUT2D eigenvalue weighted by Crippen LogP contribution is 2.29. The number of hydrogen-bond donors (Lipinski definition) is 3. The Balaban J connectivity index is 1.86. The summed E-state index contributed by atoms with van der Waals surface area (Å²) in [6.45, 7) is 1.98. The zero-order valence-electron chi connectivity index (χ0n) is 11.8. The van der Waals surface area contributed by atoms with Gasteiger partial charge in [-0.25, -0.2) is 9.79 Å². The highest BCUT2D eigenvalue weighted by Gasteiger charge is 2.37. The summed E-state index contributed by atoms with van der Waals surface area (Å²) in [6, 6.07) is 0.270. The van der Waals surface area contributed by atoms with Gasteiger partial charge in [0.2, 0.25) is 0 Å². The van der Waals surface area contributed by atoms with Gasteiger partial charge in [-0.2, -0.15) is 0 Å². The van der Waals surface area contributed by atoms with Crippen molar-refractivity contribution in [3.05, 3.63) is 23.4 Å². The Hall–Kier alpha value is -2.31. The van der Waals surface area contributed by atoms with E-state index in [1.807, 2.05) is 0 Å². The number of nitrogens with one attached hydrogen (secondary N) is 3. The number of nitrogens with zero attached hydrogens (tertiary/aromatic N) is 1. The van der Waals surface area contributed by atoms with Crippen LogP contribution in [0, 0.1) is 5.41 Å². The molecule has 21 heavy (non-hydrogen) atoms. The predicted molar refractivity (Wildman–Crippen MR) is 76.7 cm³/mol. The Morgan fingerprint density at radius 2 is 2.48 bits per heavy atom. The monoisotopic (exact) mass is 290 g/mol. The third-order valence-electron chi connectivity index (χ3n) is 3.74. The number of morpholine rings is 1. The minimum absolute atomic E-state index is 0.0926. The first-order chi connectivity index (χ1) is 10.2. The van der Waals surface area contributed by atoms with E-state index in [0.29, 0.717) is 17.4 Å². The molecule has 3 rings (SSSR count). The van der Waals surface area contributed by atoms with Crippen LogP contribution in [0.3, 0.4) is 0 Å². The topological polar surface area (TPSA) is 95.8 Å². The maximum absolute atomic E-state index is 11.8. The van der Waals surface area contributed by atoms with E-state index in [2.05, 4.69) is 15.6 Å². The molecule has 3 aliphatic rings. The molecular weight excluding hydrogens is 272 g/mol. The lowest BCUT2D eigenvalue weighted by atomic mass is 10.1. The van der Waals surface area contributed by atoms with Gasteiger partial charge in [0.15, 0.2) is 11.6 Å². The van der Waals surface area contributed by atoms with Gasteiger partial charge in [-0.15, -0.1) is 0 Å². The van der Waals surface area contributed by atoms with Crippen LogP contribution in [0.5, 0.6) is 0 Å². The van der Waals surface area contributed by atoms with E-state index in [4.69, 9.17) is 14.9 Å². The summed E-state index contributed by atoms with van der Waals surface area (Å²) in [7, 11) is 0. The predicted octanol–water partition coefficient (Wildman–Crippen LogP) is 0.795. The van der Waals surface area contributed by atoms with Crippen molar-refractivity contribution in [3.8, 4) is 0 Å². The summed E-state index contributed by atoms with van der Waals surface area (Å²) in [5, 5.41) is 13.6. The highest BCUT2D eigenvalue weighted by atomic mass is 16.5. The summed E-state index contributed by atoms with van der Waals surface area (Å²) in [5.74, 6) is 0.993. The molecule has 7 nitrogen and oxygen atoms in total. The van der Waals surface area contributed by atoms with Crippen LogP contribution in [0.25, 0.3) is 0 Å². The van der Waals surface area contributed by atoms with Crippen molar-refractivity contribution in [1.82, 2.24) is 10.6 Å². The molecule has 112 valence electrons. The molecule has 1 saturated carbocycles. The van der Waals surface area contributed by atoms with Crippen molar-refractivity contribution in [2.45, 2.75) is 38.3 Å². The molecule has 1 aliphatic carbocycles. The average molecular weight is 290 g/mol. The standard InChI is InChI=1S/C14H18N4O3/c1-2-20-14(19)8(6-15)12-16-7-11-13(18-12)17-9-4-3-5-10(9)21-11/h6-7,9-10,15-16H,2-5H2,1H3,(H,17,18)/b12-8-,15-6?/t9-,10+/m1/s1. The first-order valence-corrected chi connectivity index (χ1v) is 7.13. The fourth-order valence-corrected chi connectivity index (χ4v) is 2.74. The maximum atomic E-state index is 11.8. The maximum Gasteiger partial charge on any atom is 0.343 e. The van der Waals surface area contributed by atoms with Crippen LogP contribution in [-0.4, -0.2) is 36.8 Å². The molecule has 2 heterocycles. The first-order valence-electron chi connectivity index (χ1n) is 7.13. The molecule has 2 aliphatic heterocycles. The Kier molecular flexibility index (Phi) is 3.64. The molecule has 3 N–H and O–H groups in total. The quantitative estimate of drug-likeness (QED) is 0.406. The van der Waals surface area contributed by atoms with Gasteiger partial charge in [-0.1, -0.05) is 0 Å². The van der Waals surface area contributed by atoms with E-state index in [1.165, 1.54) is 0 Å². The smallest absolute Gasteiger partial charge is 0.343 e. The van der Waals surface area contributed by atoms with Gasteiger partial charge in [0, 0.05) is 12.4 Å². The lowest BCUT2D eigenvalue weighted by molar-refractivity contribution is -0.137. The van der Waals surface area contributed by atoms with Gasteiger partial charge in [-0.05, 0) is 26.2 Å². The van der Waals surface area contributed by atoms with E-state index < -0.39 is 5.97 Å². The van der Waals surface area contributed by atoms with Crippen molar-refractivity contribution >= 4 is 18.0 Å². The average Bonchev–Trinajstić information content (AvgIpc) is 2.93. The largest absolute Gasteiger partial charge is 0.483 e. The first kappa shape index (κ1) is 13.7. The Bertz CT molecular complexity index is 565. The summed E-state index contributed by atoms with van der Waals surface area (Å²) >= 11 is 0. The molecule has 2 atom stereocenters. The Morgan fingerprint density at radius 1 is 1.62 bits per heavy atom. The number of hydrogen-bond acceptors (Lipinski definition) is 7. The van der Waals surface area contributed by atoms with Gasteiger partial charge in [0.25, 0.3) is 0 Å². The van der Waals surface area contributed by atoms with Crippen molar-refractivity contribution in [1.29, 1.82) is 5.41 Å². The fraction of sp³-hybridized carbons (Fsp3) is 0.500. The molecule has 2 fully saturated rings. The summed E-state index contributed by atoms with van der Waals surface area (Å²) in [4.78, 5) is 16.2.